The molecule has 0 bridgehead atoms. The summed E-state index contributed by atoms with van der Waals surface area (Å²) >= 11 is 6.08. The molecule has 3 nitrogen and oxygen atoms in total. The molecule has 0 radical (unpaired) electrons. The largest absolute Gasteiger partial charge is 0.496 e. The maximum atomic E-state index is 6.08. The van der Waals surface area contributed by atoms with E-state index < -0.39 is 0 Å². The minimum Gasteiger partial charge on any atom is -0.496 e. The lowest BCUT2D eigenvalue weighted by atomic mass is 9.79. The van der Waals surface area contributed by atoms with Crippen molar-refractivity contribution in [3.63, 3.8) is 0 Å². The van der Waals surface area contributed by atoms with Gasteiger partial charge in [0.1, 0.15) is 11.5 Å². The molecule has 0 unspecified atom stereocenters. The zero-order chi connectivity index (χ0) is 12.5. The number of hydrogen-bond acceptors (Lipinski definition) is 3. The Morgan fingerprint density at radius 1 is 1.24 bits per heavy atom. The minimum atomic E-state index is -0.131. The van der Waals surface area contributed by atoms with Gasteiger partial charge in [-0.25, -0.2) is 0 Å². The van der Waals surface area contributed by atoms with Crippen LogP contribution in [-0.4, -0.2) is 33.3 Å². The maximum absolute atomic E-state index is 6.08. The molecule has 1 aromatic rings. The Hall–Kier alpha value is -0.930. The van der Waals surface area contributed by atoms with E-state index >= 15 is 0 Å². The van der Waals surface area contributed by atoms with E-state index in [1.54, 1.807) is 14.2 Å². The van der Waals surface area contributed by atoms with Crippen molar-refractivity contribution >= 4 is 11.6 Å². The normalized spacial score (nSPS) is 17.4. The van der Waals surface area contributed by atoms with Crippen LogP contribution in [0, 0.1) is 6.92 Å². The number of aryl methyl sites for hydroxylation is 1. The average Bonchev–Trinajstić information content (AvgIpc) is 2.29. The van der Waals surface area contributed by atoms with E-state index in [-0.39, 0.29) is 5.41 Å². The van der Waals surface area contributed by atoms with Crippen LogP contribution in [0.5, 0.6) is 11.5 Å². The molecule has 2 rings (SSSR count). The summed E-state index contributed by atoms with van der Waals surface area (Å²) in [5.41, 5.74) is 2.00. The lowest BCUT2D eigenvalue weighted by Gasteiger charge is -2.41. The van der Waals surface area contributed by atoms with E-state index in [1.807, 2.05) is 19.1 Å². The van der Waals surface area contributed by atoms with Crippen LogP contribution in [0.1, 0.15) is 11.1 Å². The van der Waals surface area contributed by atoms with Crippen LogP contribution in [0.3, 0.4) is 0 Å². The minimum absolute atomic E-state index is 0.131. The van der Waals surface area contributed by atoms with Crippen LogP contribution in [-0.2, 0) is 10.2 Å². The number of halogens is 1. The standard InChI is InChI=1S/C13H17ClO3/c1-9-4-12(16-3)10(5-11(9)15-2)13(6-14)7-17-8-13/h4-5H,6-8H2,1-3H3. The molecule has 1 fully saturated rings. The molecule has 1 aliphatic rings. The van der Waals surface area contributed by atoms with Gasteiger partial charge in [-0.3, -0.25) is 0 Å². The van der Waals surface area contributed by atoms with Crippen LogP contribution in [0.25, 0.3) is 0 Å². The second-order valence-electron chi connectivity index (χ2n) is 4.43. The van der Waals surface area contributed by atoms with Gasteiger partial charge < -0.3 is 14.2 Å². The van der Waals surface area contributed by atoms with Gasteiger partial charge in [-0.05, 0) is 24.6 Å². The van der Waals surface area contributed by atoms with Crippen LogP contribution in [0.15, 0.2) is 12.1 Å². The van der Waals surface area contributed by atoms with Gasteiger partial charge in [0.15, 0.2) is 0 Å². The van der Waals surface area contributed by atoms with E-state index in [2.05, 4.69) is 0 Å². The highest BCUT2D eigenvalue weighted by Crippen LogP contribution is 2.41. The van der Waals surface area contributed by atoms with Crippen molar-refractivity contribution in [2.45, 2.75) is 12.3 Å². The zero-order valence-corrected chi connectivity index (χ0v) is 11.1. The van der Waals surface area contributed by atoms with Crippen molar-refractivity contribution in [3.05, 3.63) is 23.3 Å². The van der Waals surface area contributed by atoms with Crippen molar-refractivity contribution in [2.24, 2.45) is 0 Å². The Morgan fingerprint density at radius 3 is 2.29 bits per heavy atom. The molecular formula is C13H17ClO3. The fourth-order valence-corrected chi connectivity index (χ4v) is 2.42. The molecule has 1 heterocycles. The fourth-order valence-electron chi connectivity index (χ4n) is 2.12. The lowest BCUT2D eigenvalue weighted by Crippen LogP contribution is -2.48. The first-order valence-corrected chi connectivity index (χ1v) is 6.07. The Kier molecular flexibility index (Phi) is 3.50. The van der Waals surface area contributed by atoms with E-state index in [0.717, 1.165) is 22.6 Å². The summed E-state index contributed by atoms with van der Waals surface area (Å²) in [7, 11) is 3.34. The van der Waals surface area contributed by atoms with E-state index in [4.69, 9.17) is 25.8 Å². The Bertz CT molecular complexity index is 408. The highest BCUT2D eigenvalue weighted by molar-refractivity contribution is 6.18. The van der Waals surface area contributed by atoms with Crippen LogP contribution in [0.2, 0.25) is 0 Å². The lowest BCUT2D eigenvalue weighted by molar-refractivity contribution is -0.0489. The van der Waals surface area contributed by atoms with Crippen molar-refractivity contribution in [2.75, 3.05) is 33.3 Å². The quantitative estimate of drug-likeness (QED) is 0.775. The molecule has 1 aliphatic heterocycles. The van der Waals surface area contributed by atoms with Gasteiger partial charge in [-0.15, -0.1) is 11.6 Å². The molecule has 94 valence electrons. The van der Waals surface area contributed by atoms with E-state index in [0.29, 0.717) is 19.1 Å². The molecule has 0 N–H and O–H groups in total. The smallest absolute Gasteiger partial charge is 0.123 e. The molecule has 0 aliphatic carbocycles. The number of hydrogen-bond donors (Lipinski definition) is 0. The summed E-state index contributed by atoms with van der Waals surface area (Å²) in [5, 5.41) is 0. The van der Waals surface area contributed by atoms with Gasteiger partial charge in [0.25, 0.3) is 0 Å². The first-order valence-electron chi connectivity index (χ1n) is 5.53. The molecule has 0 aromatic heterocycles. The highest BCUT2D eigenvalue weighted by atomic mass is 35.5. The molecule has 1 aromatic carbocycles. The number of ether oxygens (including phenoxy) is 3. The molecule has 1 saturated heterocycles. The molecule has 17 heavy (non-hydrogen) atoms. The summed E-state index contributed by atoms with van der Waals surface area (Å²) in [4.78, 5) is 0. The average molecular weight is 257 g/mol. The highest BCUT2D eigenvalue weighted by Gasteiger charge is 2.42. The van der Waals surface area contributed by atoms with Crippen LogP contribution < -0.4 is 9.47 Å². The maximum Gasteiger partial charge on any atom is 0.123 e. The second kappa shape index (κ2) is 4.75. The van der Waals surface area contributed by atoms with E-state index in [9.17, 15) is 0 Å². The van der Waals surface area contributed by atoms with Gasteiger partial charge in [-0.1, -0.05) is 0 Å². The van der Waals surface area contributed by atoms with Gasteiger partial charge in [0, 0.05) is 11.4 Å². The Balaban J connectivity index is 2.50. The van der Waals surface area contributed by atoms with Crippen LogP contribution in [0.4, 0.5) is 0 Å². The number of rotatable bonds is 4. The predicted octanol–water partition coefficient (Wildman–Crippen LogP) is 2.52. The van der Waals surface area contributed by atoms with Crippen LogP contribution >= 0.6 is 11.6 Å². The van der Waals surface area contributed by atoms with Gasteiger partial charge in [0.2, 0.25) is 0 Å². The van der Waals surface area contributed by atoms with Crippen molar-refractivity contribution < 1.29 is 14.2 Å². The molecule has 0 saturated carbocycles. The van der Waals surface area contributed by atoms with E-state index in [1.165, 1.54) is 0 Å². The zero-order valence-electron chi connectivity index (χ0n) is 10.4. The summed E-state index contributed by atoms with van der Waals surface area (Å²) in [5.74, 6) is 2.24. The predicted molar refractivity (Wildman–Crippen MR) is 67.5 cm³/mol. The molecule has 4 heteroatoms. The van der Waals surface area contributed by atoms with Crippen molar-refractivity contribution in [1.29, 1.82) is 0 Å². The van der Waals surface area contributed by atoms with Gasteiger partial charge in [-0.2, -0.15) is 0 Å². The number of methoxy groups -OCH3 is 2. The monoisotopic (exact) mass is 256 g/mol. The number of alkyl halides is 1. The third-order valence-corrected chi connectivity index (χ3v) is 3.81. The summed E-state index contributed by atoms with van der Waals surface area (Å²) in [6.07, 6.45) is 0. The topological polar surface area (TPSA) is 27.7 Å². The third-order valence-electron chi connectivity index (χ3n) is 3.30. The fraction of sp³-hybridized carbons (Fsp3) is 0.538. The van der Waals surface area contributed by atoms with Crippen molar-refractivity contribution in [3.8, 4) is 11.5 Å². The van der Waals surface area contributed by atoms with Gasteiger partial charge >= 0.3 is 0 Å². The van der Waals surface area contributed by atoms with Gasteiger partial charge in [0.05, 0.1) is 32.8 Å². The van der Waals surface area contributed by atoms with Crippen molar-refractivity contribution in [1.82, 2.24) is 0 Å². The SMILES string of the molecule is COc1cc(C2(CCl)COC2)c(OC)cc1C. The molecule has 0 atom stereocenters. The Labute approximate surface area is 107 Å². The molecule has 0 spiro atoms. The second-order valence-corrected chi connectivity index (χ2v) is 4.70. The number of benzene rings is 1. The summed E-state index contributed by atoms with van der Waals surface area (Å²) in [6, 6.07) is 4.00. The first kappa shape index (κ1) is 12.5. The molecule has 0 amide bonds. The first-order chi connectivity index (χ1) is 8.16. The summed E-state index contributed by atoms with van der Waals surface area (Å²) < 4.78 is 16.1. The summed E-state index contributed by atoms with van der Waals surface area (Å²) in [6.45, 7) is 3.27. The molecular weight excluding hydrogens is 240 g/mol. The third kappa shape index (κ3) is 1.98. The Morgan fingerprint density at radius 2 is 1.88 bits per heavy atom.